The van der Waals surface area contributed by atoms with E-state index in [1.54, 1.807) is 6.20 Å². The normalized spacial score (nSPS) is 23.8. The van der Waals surface area contributed by atoms with Gasteiger partial charge in [-0.05, 0) is 61.1 Å². The predicted octanol–water partition coefficient (Wildman–Crippen LogP) is 3.03. The molecule has 0 aliphatic carbocycles. The molecule has 2 unspecified atom stereocenters. The van der Waals surface area contributed by atoms with Crippen molar-refractivity contribution in [2.75, 3.05) is 37.7 Å². The number of benzene rings is 1. The molecule has 0 spiro atoms. The number of nitrogens with zero attached hydrogens (tertiary/aromatic N) is 4. The lowest BCUT2D eigenvalue weighted by molar-refractivity contribution is 0.209. The van der Waals surface area contributed by atoms with E-state index in [-0.39, 0.29) is 0 Å². The van der Waals surface area contributed by atoms with Crippen molar-refractivity contribution in [3.05, 3.63) is 53.2 Å². The van der Waals surface area contributed by atoms with Crippen molar-refractivity contribution in [1.29, 1.82) is 5.26 Å². The summed E-state index contributed by atoms with van der Waals surface area (Å²) in [5, 5.41) is 9.43. The largest absolute Gasteiger partial charge is 0.493 e. The van der Waals surface area contributed by atoms with Crippen LogP contribution in [0.3, 0.4) is 0 Å². The molecule has 3 aliphatic rings. The summed E-state index contributed by atoms with van der Waals surface area (Å²) < 4.78 is 5.63. The number of pyridine rings is 1. The Bertz CT molecular complexity index is 906. The number of ether oxygens (including phenoxy) is 1. The fourth-order valence-electron chi connectivity index (χ4n) is 5.10. The minimum Gasteiger partial charge on any atom is -0.493 e. The molecule has 2 aromatic rings. The molecule has 0 radical (unpaired) electrons. The SMILES string of the molecule is N#Cc1cccnc1N1CCC2CCN(CCc3ccc4c(c3)CCO4)C2C1. The number of hydrogen-bond donors (Lipinski definition) is 0. The molecular formula is C23H26N4O. The van der Waals surface area contributed by atoms with E-state index >= 15 is 0 Å². The molecule has 2 fully saturated rings. The van der Waals surface area contributed by atoms with Crippen LogP contribution in [0, 0.1) is 17.2 Å². The van der Waals surface area contributed by atoms with Crippen LogP contribution in [0.2, 0.25) is 0 Å². The number of likely N-dealkylation sites (tertiary alicyclic amines) is 1. The second kappa shape index (κ2) is 7.44. The maximum atomic E-state index is 9.43. The van der Waals surface area contributed by atoms with Crippen molar-refractivity contribution in [2.24, 2.45) is 5.92 Å². The second-order valence-electron chi connectivity index (χ2n) is 8.16. The molecule has 0 N–H and O–H groups in total. The Morgan fingerprint density at radius 3 is 3.07 bits per heavy atom. The lowest BCUT2D eigenvalue weighted by atomic mass is 9.92. The third kappa shape index (κ3) is 3.22. The van der Waals surface area contributed by atoms with Crippen molar-refractivity contribution >= 4 is 5.82 Å². The number of piperidine rings is 1. The van der Waals surface area contributed by atoms with Gasteiger partial charge in [0.15, 0.2) is 0 Å². The van der Waals surface area contributed by atoms with E-state index in [1.165, 1.54) is 30.5 Å². The Kier molecular flexibility index (Phi) is 4.66. The zero-order chi connectivity index (χ0) is 18.9. The molecular weight excluding hydrogens is 348 g/mol. The van der Waals surface area contributed by atoms with Crippen molar-refractivity contribution in [1.82, 2.24) is 9.88 Å². The van der Waals surface area contributed by atoms with Gasteiger partial charge in [-0.1, -0.05) is 12.1 Å². The highest BCUT2D eigenvalue weighted by atomic mass is 16.5. The van der Waals surface area contributed by atoms with Gasteiger partial charge in [-0.15, -0.1) is 0 Å². The first-order chi connectivity index (χ1) is 13.8. The Balaban J connectivity index is 1.26. The molecule has 4 heterocycles. The number of anilines is 1. The first kappa shape index (κ1) is 17.5. The molecule has 2 atom stereocenters. The molecule has 5 nitrogen and oxygen atoms in total. The molecule has 1 aromatic heterocycles. The molecule has 2 saturated heterocycles. The first-order valence-electron chi connectivity index (χ1n) is 10.4. The maximum absolute atomic E-state index is 9.43. The molecule has 144 valence electrons. The first-order valence-corrected chi connectivity index (χ1v) is 10.4. The number of aromatic nitrogens is 1. The molecule has 3 aliphatic heterocycles. The third-order valence-corrected chi connectivity index (χ3v) is 6.63. The Hall–Kier alpha value is -2.58. The Labute approximate surface area is 166 Å². The standard InChI is InChI=1S/C23H26N4O/c24-15-20-2-1-9-25-23(20)27-12-7-18-6-11-26(21(18)16-27)10-5-17-3-4-22-19(14-17)8-13-28-22/h1-4,9,14,18,21H,5-8,10-13,16H2. The zero-order valence-corrected chi connectivity index (χ0v) is 16.2. The summed E-state index contributed by atoms with van der Waals surface area (Å²) in [5.74, 6) is 2.70. The van der Waals surface area contributed by atoms with E-state index in [9.17, 15) is 5.26 Å². The van der Waals surface area contributed by atoms with Gasteiger partial charge in [-0.2, -0.15) is 5.26 Å². The van der Waals surface area contributed by atoms with Crippen LogP contribution in [0.4, 0.5) is 5.82 Å². The van der Waals surface area contributed by atoms with Gasteiger partial charge in [0, 0.05) is 38.3 Å². The smallest absolute Gasteiger partial charge is 0.146 e. The maximum Gasteiger partial charge on any atom is 0.146 e. The van der Waals surface area contributed by atoms with Crippen LogP contribution in [0.1, 0.15) is 29.5 Å². The summed E-state index contributed by atoms with van der Waals surface area (Å²) in [6.45, 7) is 5.09. The van der Waals surface area contributed by atoms with E-state index in [0.29, 0.717) is 11.6 Å². The van der Waals surface area contributed by atoms with Crippen molar-refractivity contribution in [2.45, 2.75) is 31.7 Å². The van der Waals surface area contributed by atoms with Gasteiger partial charge in [-0.3, -0.25) is 4.90 Å². The summed E-state index contributed by atoms with van der Waals surface area (Å²) in [7, 11) is 0. The highest BCUT2D eigenvalue weighted by Crippen LogP contribution is 2.34. The molecule has 0 saturated carbocycles. The number of fused-ring (bicyclic) bond motifs is 2. The van der Waals surface area contributed by atoms with E-state index in [0.717, 1.165) is 56.6 Å². The second-order valence-corrected chi connectivity index (χ2v) is 8.16. The van der Waals surface area contributed by atoms with Crippen LogP contribution in [-0.4, -0.2) is 48.7 Å². The van der Waals surface area contributed by atoms with E-state index < -0.39 is 0 Å². The number of rotatable bonds is 4. The minimum atomic E-state index is 0.569. The Morgan fingerprint density at radius 2 is 2.14 bits per heavy atom. The highest BCUT2D eigenvalue weighted by molar-refractivity contribution is 5.54. The molecule has 5 heteroatoms. The quantitative estimate of drug-likeness (QED) is 0.823. The molecule has 28 heavy (non-hydrogen) atoms. The van der Waals surface area contributed by atoms with Crippen molar-refractivity contribution in [3.8, 4) is 11.8 Å². The Morgan fingerprint density at radius 1 is 1.21 bits per heavy atom. The van der Waals surface area contributed by atoms with Gasteiger partial charge in [-0.25, -0.2) is 4.98 Å². The van der Waals surface area contributed by atoms with Crippen molar-refractivity contribution in [3.63, 3.8) is 0 Å². The van der Waals surface area contributed by atoms with Gasteiger partial charge in [0.25, 0.3) is 0 Å². The lowest BCUT2D eigenvalue weighted by Crippen LogP contribution is -2.49. The lowest BCUT2D eigenvalue weighted by Gasteiger charge is -2.39. The van der Waals surface area contributed by atoms with Crippen LogP contribution < -0.4 is 9.64 Å². The fraction of sp³-hybridized carbons (Fsp3) is 0.478. The zero-order valence-electron chi connectivity index (χ0n) is 16.2. The average molecular weight is 374 g/mol. The van der Waals surface area contributed by atoms with Crippen LogP contribution in [-0.2, 0) is 12.8 Å². The summed E-state index contributed by atoms with van der Waals surface area (Å²) in [4.78, 5) is 9.50. The van der Waals surface area contributed by atoms with Crippen LogP contribution in [0.5, 0.6) is 5.75 Å². The van der Waals surface area contributed by atoms with Crippen LogP contribution in [0.15, 0.2) is 36.5 Å². The predicted molar refractivity (Wildman–Crippen MR) is 109 cm³/mol. The van der Waals surface area contributed by atoms with Crippen LogP contribution >= 0.6 is 0 Å². The van der Waals surface area contributed by atoms with Crippen LogP contribution in [0.25, 0.3) is 0 Å². The van der Waals surface area contributed by atoms with Gasteiger partial charge in [0.2, 0.25) is 0 Å². The van der Waals surface area contributed by atoms with E-state index in [2.05, 4.69) is 39.1 Å². The fourth-order valence-corrected chi connectivity index (χ4v) is 5.10. The minimum absolute atomic E-state index is 0.569. The van der Waals surface area contributed by atoms with E-state index in [4.69, 9.17) is 4.74 Å². The van der Waals surface area contributed by atoms with E-state index in [1.807, 2.05) is 12.1 Å². The van der Waals surface area contributed by atoms with Gasteiger partial charge in [0.1, 0.15) is 17.6 Å². The van der Waals surface area contributed by atoms with Gasteiger partial charge >= 0.3 is 0 Å². The van der Waals surface area contributed by atoms with Gasteiger partial charge in [0.05, 0.1) is 12.2 Å². The third-order valence-electron chi connectivity index (χ3n) is 6.63. The number of hydrogen-bond acceptors (Lipinski definition) is 5. The highest BCUT2D eigenvalue weighted by Gasteiger charge is 2.38. The summed E-state index contributed by atoms with van der Waals surface area (Å²) >= 11 is 0. The average Bonchev–Trinajstić information content (AvgIpc) is 3.38. The summed E-state index contributed by atoms with van der Waals surface area (Å²) in [5.41, 5.74) is 3.46. The molecule has 5 rings (SSSR count). The van der Waals surface area contributed by atoms with Gasteiger partial charge < -0.3 is 9.64 Å². The molecule has 0 bridgehead atoms. The topological polar surface area (TPSA) is 52.4 Å². The molecule has 1 aromatic carbocycles. The molecule has 0 amide bonds. The summed E-state index contributed by atoms with van der Waals surface area (Å²) in [6, 6.07) is 13.3. The van der Waals surface area contributed by atoms with Crippen molar-refractivity contribution < 1.29 is 4.74 Å². The number of nitriles is 1. The summed E-state index contributed by atoms with van der Waals surface area (Å²) in [6.07, 6.45) is 6.41. The monoisotopic (exact) mass is 374 g/mol.